The molecule has 0 radical (unpaired) electrons. The molecule has 0 amide bonds. The van der Waals surface area contributed by atoms with Gasteiger partial charge in [0.25, 0.3) is 0 Å². The molecular formula is C13H16N4O2S2. The minimum absolute atomic E-state index is 0.104. The van der Waals surface area contributed by atoms with Crippen LogP contribution in [-0.2, 0) is 15.8 Å². The van der Waals surface area contributed by atoms with E-state index in [-0.39, 0.29) is 16.8 Å². The average Bonchev–Trinajstić information content (AvgIpc) is 2.92. The molecule has 0 bridgehead atoms. The SMILES string of the molecule is CC(NS(=O)(=O)Cc1ccc(C(N)=S)cc1)c1cn[nH]c1. The van der Waals surface area contributed by atoms with Crippen LogP contribution in [0.4, 0.5) is 0 Å². The quantitative estimate of drug-likeness (QED) is 0.694. The van der Waals surface area contributed by atoms with Crippen LogP contribution in [0.25, 0.3) is 0 Å². The summed E-state index contributed by atoms with van der Waals surface area (Å²) in [7, 11) is -3.45. The first-order chi connectivity index (χ1) is 9.87. The highest BCUT2D eigenvalue weighted by Crippen LogP contribution is 2.13. The molecule has 0 saturated heterocycles. The molecule has 0 aliphatic carbocycles. The predicted octanol–water partition coefficient (Wildman–Crippen LogP) is 1.22. The molecule has 0 aliphatic heterocycles. The van der Waals surface area contributed by atoms with Gasteiger partial charge in [-0.3, -0.25) is 5.10 Å². The zero-order valence-electron chi connectivity index (χ0n) is 11.4. The lowest BCUT2D eigenvalue weighted by Gasteiger charge is -2.12. The van der Waals surface area contributed by atoms with Gasteiger partial charge in [0.05, 0.1) is 11.9 Å². The maximum absolute atomic E-state index is 12.1. The van der Waals surface area contributed by atoms with Crippen molar-refractivity contribution in [3.05, 3.63) is 53.3 Å². The Morgan fingerprint density at radius 3 is 2.62 bits per heavy atom. The number of rotatable bonds is 6. The molecule has 1 unspecified atom stereocenters. The van der Waals surface area contributed by atoms with Crippen molar-refractivity contribution in [2.24, 2.45) is 5.73 Å². The second kappa shape index (κ2) is 6.33. The Kier molecular flexibility index (Phi) is 4.71. The van der Waals surface area contributed by atoms with Gasteiger partial charge in [-0.25, -0.2) is 13.1 Å². The van der Waals surface area contributed by atoms with Gasteiger partial charge in [0.2, 0.25) is 10.0 Å². The molecule has 1 aromatic carbocycles. The van der Waals surface area contributed by atoms with Crippen molar-refractivity contribution in [2.75, 3.05) is 0 Å². The summed E-state index contributed by atoms with van der Waals surface area (Å²) < 4.78 is 26.9. The first-order valence-electron chi connectivity index (χ1n) is 6.25. The largest absolute Gasteiger partial charge is 0.389 e. The van der Waals surface area contributed by atoms with Crippen molar-refractivity contribution in [3.8, 4) is 0 Å². The van der Waals surface area contributed by atoms with Gasteiger partial charge in [-0.15, -0.1) is 0 Å². The first-order valence-corrected chi connectivity index (χ1v) is 8.31. The van der Waals surface area contributed by atoms with Gasteiger partial charge in [0.15, 0.2) is 0 Å². The van der Waals surface area contributed by atoms with E-state index in [1.807, 2.05) is 0 Å². The Morgan fingerprint density at radius 2 is 2.10 bits per heavy atom. The number of nitrogens with two attached hydrogens (primary N) is 1. The van der Waals surface area contributed by atoms with Gasteiger partial charge in [-0.2, -0.15) is 5.10 Å². The minimum atomic E-state index is -3.45. The molecule has 21 heavy (non-hydrogen) atoms. The number of benzene rings is 1. The van der Waals surface area contributed by atoms with Crippen LogP contribution in [0.15, 0.2) is 36.7 Å². The topological polar surface area (TPSA) is 101 Å². The lowest BCUT2D eigenvalue weighted by molar-refractivity contribution is 0.566. The molecule has 0 saturated carbocycles. The summed E-state index contributed by atoms with van der Waals surface area (Å²) >= 11 is 4.86. The fourth-order valence-electron chi connectivity index (χ4n) is 1.86. The molecule has 1 aromatic heterocycles. The van der Waals surface area contributed by atoms with Crippen molar-refractivity contribution in [2.45, 2.75) is 18.7 Å². The van der Waals surface area contributed by atoms with E-state index in [1.165, 1.54) is 0 Å². The summed E-state index contributed by atoms with van der Waals surface area (Å²) in [4.78, 5) is 0.288. The number of thiocarbonyl (C=S) groups is 1. The van der Waals surface area contributed by atoms with Crippen LogP contribution in [-0.4, -0.2) is 23.6 Å². The highest BCUT2D eigenvalue weighted by Gasteiger charge is 2.17. The Labute approximate surface area is 128 Å². The summed E-state index contributed by atoms with van der Waals surface area (Å²) in [6.07, 6.45) is 3.24. The van der Waals surface area contributed by atoms with E-state index in [0.29, 0.717) is 11.1 Å². The van der Waals surface area contributed by atoms with E-state index < -0.39 is 10.0 Å². The second-order valence-corrected chi connectivity index (χ2v) is 6.89. The number of H-pyrrole nitrogens is 1. The molecule has 0 aliphatic rings. The molecule has 1 atom stereocenters. The monoisotopic (exact) mass is 324 g/mol. The van der Waals surface area contributed by atoms with E-state index in [0.717, 1.165) is 5.56 Å². The highest BCUT2D eigenvalue weighted by atomic mass is 32.2. The lowest BCUT2D eigenvalue weighted by Crippen LogP contribution is -2.27. The van der Waals surface area contributed by atoms with Crippen LogP contribution in [0.3, 0.4) is 0 Å². The molecule has 8 heteroatoms. The van der Waals surface area contributed by atoms with E-state index >= 15 is 0 Å². The fraction of sp³-hybridized carbons (Fsp3) is 0.231. The number of hydrogen-bond donors (Lipinski definition) is 3. The highest BCUT2D eigenvalue weighted by molar-refractivity contribution is 7.88. The molecule has 1 heterocycles. The van der Waals surface area contributed by atoms with Crippen molar-refractivity contribution in [1.82, 2.24) is 14.9 Å². The number of nitrogens with zero attached hydrogens (tertiary/aromatic N) is 1. The molecule has 112 valence electrons. The van der Waals surface area contributed by atoms with Crippen molar-refractivity contribution in [1.29, 1.82) is 0 Å². The number of hydrogen-bond acceptors (Lipinski definition) is 4. The van der Waals surface area contributed by atoms with Gasteiger partial charge in [-0.05, 0) is 12.5 Å². The zero-order chi connectivity index (χ0) is 15.5. The molecule has 2 aromatic rings. The Hall–Kier alpha value is -1.77. The molecule has 0 fully saturated rings. The number of aromatic nitrogens is 2. The number of aromatic amines is 1. The van der Waals surface area contributed by atoms with Crippen LogP contribution in [0, 0.1) is 0 Å². The summed E-state index contributed by atoms with van der Waals surface area (Å²) in [6.45, 7) is 1.76. The lowest BCUT2D eigenvalue weighted by atomic mass is 10.1. The summed E-state index contributed by atoms with van der Waals surface area (Å²) in [5, 5.41) is 6.45. The van der Waals surface area contributed by atoms with Crippen LogP contribution in [0.5, 0.6) is 0 Å². The van der Waals surface area contributed by atoms with Gasteiger partial charge >= 0.3 is 0 Å². The smallest absolute Gasteiger partial charge is 0.216 e. The summed E-state index contributed by atoms with van der Waals surface area (Å²) in [5.41, 5.74) is 7.67. The Bertz CT molecular complexity index is 709. The third kappa shape index (κ3) is 4.35. The van der Waals surface area contributed by atoms with Crippen LogP contribution < -0.4 is 10.5 Å². The third-order valence-electron chi connectivity index (χ3n) is 2.97. The molecule has 6 nitrogen and oxygen atoms in total. The van der Waals surface area contributed by atoms with Crippen molar-refractivity contribution >= 4 is 27.2 Å². The van der Waals surface area contributed by atoms with Gasteiger partial charge in [0, 0.05) is 23.4 Å². The standard InChI is InChI=1S/C13H16N4O2S2/c1-9(12-6-15-16-7-12)17-21(18,19)8-10-2-4-11(5-3-10)13(14)20/h2-7,9,17H,8H2,1H3,(H2,14,20)(H,15,16). The summed E-state index contributed by atoms with van der Waals surface area (Å²) in [5.74, 6) is -0.104. The van der Waals surface area contributed by atoms with Gasteiger partial charge in [0.1, 0.15) is 4.99 Å². The average molecular weight is 324 g/mol. The van der Waals surface area contributed by atoms with Crippen LogP contribution in [0.1, 0.15) is 29.7 Å². The molecular weight excluding hydrogens is 308 g/mol. The molecule has 2 rings (SSSR count). The minimum Gasteiger partial charge on any atom is -0.389 e. The van der Waals surface area contributed by atoms with E-state index in [9.17, 15) is 8.42 Å². The van der Waals surface area contributed by atoms with Crippen molar-refractivity contribution < 1.29 is 8.42 Å². The second-order valence-electron chi connectivity index (χ2n) is 4.69. The van der Waals surface area contributed by atoms with Crippen molar-refractivity contribution in [3.63, 3.8) is 0 Å². The predicted molar refractivity (Wildman–Crippen MR) is 85.1 cm³/mol. The first kappa shape index (κ1) is 15.6. The van der Waals surface area contributed by atoms with E-state index in [1.54, 1.807) is 43.6 Å². The summed E-state index contributed by atoms with van der Waals surface area (Å²) in [6, 6.07) is 6.50. The van der Waals surface area contributed by atoms with E-state index in [4.69, 9.17) is 18.0 Å². The normalized spacial score (nSPS) is 13.0. The molecule has 0 spiro atoms. The van der Waals surface area contributed by atoms with Gasteiger partial charge in [-0.1, -0.05) is 36.5 Å². The Balaban J connectivity index is 2.05. The molecule has 4 N–H and O–H groups in total. The van der Waals surface area contributed by atoms with Crippen LogP contribution in [0.2, 0.25) is 0 Å². The fourth-order valence-corrected chi connectivity index (χ4v) is 3.39. The zero-order valence-corrected chi connectivity index (χ0v) is 13.0. The number of sulfonamides is 1. The maximum atomic E-state index is 12.1. The Morgan fingerprint density at radius 1 is 1.43 bits per heavy atom. The number of nitrogens with one attached hydrogen (secondary N) is 2. The van der Waals surface area contributed by atoms with E-state index in [2.05, 4.69) is 14.9 Å². The maximum Gasteiger partial charge on any atom is 0.216 e. The van der Waals surface area contributed by atoms with Gasteiger partial charge < -0.3 is 5.73 Å². The third-order valence-corrected chi connectivity index (χ3v) is 4.63. The van der Waals surface area contributed by atoms with Crippen LogP contribution >= 0.6 is 12.2 Å².